The monoisotopic (exact) mass is 316 g/mol. The predicted molar refractivity (Wildman–Crippen MR) is 51.6 cm³/mol. The van der Waals surface area contributed by atoms with Crippen LogP contribution in [0.1, 0.15) is 11.1 Å². The van der Waals surface area contributed by atoms with E-state index in [1.54, 1.807) is 6.07 Å². The van der Waals surface area contributed by atoms with Crippen LogP contribution in [-0.4, -0.2) is 0 Å². The van der Waals surface area contributed by atoms with Crippen molar-refractivity contribution in [2.75, 3.05) is 0 Å². The van der Waals surface area contributed by atoms with E-state index >= 15 is 0 Å². The van der Waals surface area contributed by atoms with Crippen molar-refractivity contribution < 1.29 is 13.2 Å². The van der Waals surface area contributed by atoms with E-state index in [9.17, 15) is 13.2 Å². The van der Waals surface area contributed by atoms with Gasteiger partial charge in [-0.3, -0.25) is 0 Å². The Balaban J connectivity index is 3.37. The molecule has 0 aromatic heterocycles. The molecule has 1 aromatic carbocycles. The van der Waals surface area contributed by atoms with Crippen LogP contribution in [0, 0.1) is 6.92 Å². The van der Waals surface area contributed by atoms with Crippen LogP contribution in [0.25, 0.3) is 0 Å². The number of hydrogen-bond acceptors (Lipinski definition) is 0. The quantitative estimate of drug-likeness (QED) is 0.659. The van der Waals surface area contributed by atoms with Crippen LogP contribution >= 0.6 is 31.9 Å². The maximum Gasteiger partial charge on any atom is 0.416 e. The molecule has 0 aliphatic heterocycles. The van der Waals surface area contributed by atoms with Gasteiger partial charge in [-0.1, -0.05) is 31.9 Å². The van der Waals surface area contributed by atoms with Crippen LogP contribution in [0.3, 0.4) is 0 Å². The molecule has 13 heavy (non-hydrogen) atoms. The number of rotatable bonds is 0. The number of hydrogen-bond donors (Lipinski definition) is 0. The molecule has 0 saturated carbocycles. The lowest BCUT2D eigenvalue weighted by Gasteiger charge is -2.11. The number of alkyl halides is 3. The molecule has 0 nitrogen and oxygen atoms in total. The molecule has 0 bridgehead atoms. The highest BCUT2D eigenvalue weighted by molar-refractivity contribution is 9.11. The van der Waals surface area contributed by atoms with Gasteiger partial charge in [0.05, 0.1) is 5.56 Å². The zero-order chi connectivity index (χ0) is 10.2. The number of benzene rings is 1. The summed E-state index contributed by atoms with van der Waals surface area (Å²) in [4.78, 5) is 0. The largest absolute Gasteiger partial charge is 0.416 e. The molecule has 0 aliphatic carbocycles. The average Bonchev–Trinajstić information content (AvgIpc) is 1.94. The molecule has 0 amide bonds. The summed E-state index contributed by atoms with van der Waals surface area (Å²) < 4.78 is 38.0. The highest BCUT2D eigenvalue weighted by atomic mass is 79.9. The molecule has 0 radical (unpaired) electrons. The molecule has 0 fully saturated rings. The van der Waals surface area contributed by atoms with Crippen molar-refractivity contribution in [3.8, 4) is 0 Å². The van der Waals surface area contributed by atoms with E-state index in [1.165, 1.54) is 6.92 Å². The summed E-state index contributed by atoms with van der Waals surface area (Å²) in [7, 11) is 0. The second-order valence-electron chi connectivity index (χ2n) is 2.56. The van der Waals surface area contributed by atoms with Crippen molar-refractivity contribution in [3.05, 3.63) is 32.2 Å². The van der Waals surface area contributed by atoms with Crippen LogP contribution in [0.4, 0.5) is 13.2 Å². The van der Waals surface area contributed by atoms with E-state index in [2.05, 4.69) is 31.9 Å². The fraction of sp³-hybridized carbons (Fsp3) is 0.250. The lowest BCUT2D eigenvalue weighted by molar-refractivity contribution is -0.138. The third kappa shape index (κ3) is 2.47. The molecule has 0 unspecified atom stereocenters. The van der Waals surface area contributed by atoms with Gasteiger partial charge in [0.25, 0.3) is 0 Å². The Bertz CT molecular complexity index is 331. The molecule has 72 valence electrons. The zero-order valence-corrected chi connectivity index (χ0v) is 9.72. The second-order valence-corrected chi connectivity index (χ2v) is 4.33. The number of halogens is 5. The summed E-state index contributed by atoms with van der Waals surface area (Å²) in [5.74, 6) is 0. The smallest absolute Gasteiger partial charge is 0.166 e. The van der Waals surface area contributed by atoms with E-state index < -0.39 is 11.7 Å². The highest BCUT2D eigenvalue weighted by Gasteiger charge is 2.33. The van der Waals surface area contributed by atoms with Gasteiger partial charge in [0, 0.05) is 8.95 Å². The van der Waals surface area contributed by atoms with Crippen LogP contribution in [0.15, 0.2) is 21.1 Å². The predicted octanol–water partition coefficient (Wildman–Crippen LogP) is 4.54. The minimum absolute atomic E-state index is 0.204. The summed E-state index contributed by atoms with van der Waals surface area (Å²) in [6.45, 7) is 1.43. The topological polar surface area (TPSA) is 0 Å². The van der Waals surface area contributed by atoms with Crippen molar-refractivity contribution in [2.45, 2.75) is 13.1 Å². The van der Waals surface area contributed by atoms with Crippen LogP contribution in [0.5, 0.6) is 0 Å². The van der Waals surface area contributed by atoms with Crippen LogP contribution < -0.4 is 0 Å². The van der Waals surface area contributed by atoms with E-state index in [0.717, 1.165) is 6.07 Å². The molecule has 0 heterocycles. The summed E-state index contributed by atoms with van der Waals surface area (Å²) in [6.07, 6.45) is -4.30. The summed E-state index contributed by atoms with van der Waals surface area (Å²) in [5.41, 5.74) is -0.413. The van der Waals surface area contributed by atoms with E-state index in [0.29, 0.717) is 8.95 Å². The molecule has 0 atom stereocenters. The van der Waals surface area contributed by atoms with Crippen molar-refractivity contribution in [3.63, 3.8) is 0 Å². The molecular formula is C8H5Br2F3. The van der Waals surface area contributed by atoms with Crippen molar-refractivity contribution in [1.82, 2.24) is 0 Å². The Hall–Kier alpha value is -0.0300. The molecule has 5 heteroatoms. The van der Waals surface area contributed by atoms with E-state index in [-0.39, 0.29) is 5.56 Å². The van der Waals surface area contributed by atoms with Gasteiger partial charge in [-0.2, -0.15) is 13.2 Å². The SMILES string of the molecule is Cc1c(Br)cc(Br)cc1C(F)(F)F. The molecule has 0 saturated heterocycles. The Kier molecular flexibility index (Phi) is 3.07. The highest BCUT2D eigenvalue weighted by Crippen LogP contribution is 2.36. The zero-order valence-electron chi connectivity index (χ0n) is 6.54. The minimum atomic E-state index is -4.30. The first-order chi connectivity index (χ1) is 5.82. The first-order valence-corrected chi connectivity index (χ1v) is 4.94. The molecule has 0 N–H and O–H groups in total. The van der Waals surface area contributed by atoms with E-state index in [1.807, 2.05) is 0 Å². The summed E-state index contributed by atoms with van der Waals surface area (Å²) >= 11 is 6.07. The fourth-order valence-electron chi connectivity index (χ4n) is 0.940. The molecule has 0 aliphatic rings. The molecule has 1 rings (SSSR count). The van der Waals surface area contributed by atoms with Crippen molar-refractivity contribution in [2.24, 2.45) is 0 Å². The van der Waals surface area contributed by atoms with Gasteiger partial charge in [0.1, 0.15) is 0 Å². The second kappa shape index (κ2) is 3.61. The standard InChI is InChI=1S/C8H5Br2F3/c1-4-6(8(11,12)13)2-5(9)3-7(4)10/h2-3H,1H3. The average molecular weight is 318 g/mol. The van der Waals surface area contributed by atoms with Crippen molar-refractivity contribution in [1.29, 1.82) is 0 Å². The van der Waals surface area contributed by atoms with Gasteiger partial charge >= 0.3 is 6.18 Å². The lowest BCUT2D eigenvalue weighted by Crippen LogP contribution is -2.07. The van der Waals surface area contributed by atoms with Gasteiger partial charge in [-0.05, 0) is 24.6 Å². The Morgan fingerprint density at radius 1 is 1.15 bits per heavy atom. The minimum Gasteiger partial charge on any atom is -0.166 e. The first-order valence-electron chi connectivity index (χ1n) is 3.35. The third-order valence-electron chi connectivity index (χ3n) is 1.61. The van der Waals surface area contributed by atoms with Gasteiger partial charge in [-0.25, -0.2) is 0 Å². The normalized spacial score (nSPS) is 11.8. The first kappa shape index (κ1) is 11.0. The maximum absolute atomic E-state index is 12.4. The van der Waals surface area contributed by atoms with Gasteiger partial charge in [0.15, 0.2) is 0 Å². The third-order valence-corrected chi connectivity index (χ3v) is 2.90. The maximum atomic E-state index is 12.4. The Morgan fingerprint density at radius 2 is 1.69 bits per heavy atom. The fourth-order valence-corrected chi connectivity index (χ4v) is 2.17. The molecule has 0 spiro atoms. The van der Waals surface area contributed by atoms with Gasteiger partial charge in [0.2, 0.25) is 0 Å². The summed E-state index contributed by atoms with van der Waals surface area (Å²) in [5, 5.41) is 0. The van der Waals surface area contributed by atoms with Crippen LogP contribution in [-0.2, 0) is 6.18 Å². The Morgan fingerprint density at radius 3 is 2.15 bits per heavy atom. The molecular weight excluding hydrogens is 313 g/mol. The molecule has 1 aromatic rings. The van der Waals surface area contributed by atoms with Crippen molar-refractivity contribution >= 4 is 31.9 Å². The van der Waals surface area contributed by atoms with Gasteiger partial charge in [-0.15, -0.1) is 0 Å². The summed E-state index contributed by atoms with van der Waals surface area (Å²) in [6, 6.07) is 2.66. The van der Waals surface area contributed by atoms with Gasteiger partial charge < -0.3 is 0 Å². The van der Waals surface area contributed by atoms with Crippen LogP contribution in [0.2, 0.25) is 0 Å². The Labute approximate surface area is 90.4 Å². The lowest BCUT2D eigenvalue weighted by atomic mass is 10.1. The van der Waals surface area contributed by atoms with E-state index in [4.69, 9.17) is 0 Å².